The third-order valence-corrected chi connectivity index (χ3v) is 5.11. The van der Waals surface area contributed by atoms with Crippen LogP contribution in [0.15, 0.2) is 47.4 Å². The van der Waals surface area contributed by atoms with Gasteiger partial charge in [0, 0.05) is 17.0 Å². The second kappa shape index (κ2) is 6.75. The fourth-order valence-corrected chi connectivity index (χ4v) is 3.89. The average Bonchev–Trinajstić information content (AvgIpc) is 2.81. The van der Waals surface area contributed by atoms with Gasteiger partial charge in [-0.1, -0.05) is 17.7 Å². The van der Waals surface area contributed by atoms with Crippen molar-refractivity contribution in [2.75, 3.05) is 17.7 Å². The molecule has 0 aliphatic carbocycles. The normalized spacial score (nSPS) is 17.4. The van der Waals surface area contributed by atoms with Crippen molar-refractivity contribution in [2.24, 2.45) is 0 Å². The fraction of sp³-hybridized carbons (Fsp3) is 0.176. The number of anilines is 2. The van der Waals surface area contributed by atoms with Crippen LogP contribution in [0.1, 0.15) is 6.42 Å². The van der Waals surface area contributed by atoms with Crippen molar-refractivity contribution in [3.8, 4) is 5.75 Å². The Morgan fingerprint density at radius 1 is 1.25 bits per heavy atom. The van der Waals surface area contributed by atoms with E-state index in [2.05, 4.69) is 0 Å². The average molecular weight is 363 g/mol. The standard InChI is InChI=1S/C17H15ClN2O3S/c1-23-14-6-5-11(8-13(14)18)20-16(21)9-15(17(20)22)24-12-4-2-3-10(19)7-12/h2-8,15H,9,19H2,1H3. The summed E-state index contributed by atoms with van der Waals surface area (Å²) >= 11 is 7.43. The molecule has 1 saturated heterocycles. The van der Waals surface area contributed by atoms with Crippen LogP contribution in [0.25, 0.3) is 0 Å². The number of nitrogens with zero attached hydrogens (tertiary/aromatic N) is 1. The van der Waals surface area contributed by atoms with Gasteiger partial charge >= 0.3 is 0 Å². The van der Waals surface area contributed by atoms with E-state index < -0.39 is 5.25 Å². The summed E-state index contributed by atoms with van der Waals surface area (Å²) in [6, 6.07) is 12.1. The van der Waals surface area contributed by atoms with Crippen LogP contribution >= 0.6 is 23.4 Å². The molecule has 2 aromatic rings. The molecule has 7 heteroatoms. The quantitative estimate of drug-likeness (QED) is 0.667. The topological polar surface area (TPSA) is 72.6 Å². The molecule has 0 spiro atoms. The maximum absolute atomic E-state index is 12.7. The zero-order valence-electron chi connectivity index (χ0n) is 12.9. The maximum Gasteiger partial charge on any atom is 0.247 e. The van der Waals surface area contributed by atoms with Gasteiger partial charge in [-0.15, -0.1) is 11.8 Å². The van der Waals surface area contributed by atoms with E-state index >= 15 is 0 Å². The number of rotatable bonds is 4. The summed E-state index contributed by atoms with van der Waals surface area (Å²) in [4.78, 5) is 27.0. The largest absolute Gasteiger partial charge is 0.495 e. The van der Waals surface area contributed by atoms with E-state index in [4.69, 9.17) is 22.1 Å². The van der Waals surface area contributed by atoms with E-state index in [0.717, 1.165) is 4.90 Å². The summed E-state index contributed by atoms with van der Waals surface area (Å²) in [5.74, 6) is -0.0125. The molecule has 1 heterocycles. The minimum Gasteiger partial charge on any atom is -0.495 e. The number of amides is 2. The van der Waals surface area contributed by atoms with Gasteiger partial charge in [0.05, 0.1) is 23.1 Å². The zero-order valence-corrected chi connectivity index (χ0v) is 14.4. The number of carbonyl (C=O) groups excluding carboxylic acids is 2. The van der Waals surface area contributed by atoms with Gasteiger partial charge in [-0.25, -0.2) is 4.90 Å². The van der Waals surface area contributed by atoms with Crippen molar-refractivity contribution in [3.63, 3.8) is 0 Å². The number of nitrogens with two attached hydrogens (primary N) is 1. The number of carbonyl (C=O) groups is 2. The number of hydrogen-bond donors (Lipinski definition) is 1. The Morgan fingerprint density at radius 3 is 2.71 bits per heavy atom. The number of ether oxygens (including phenoxy) is 1. The molecular weight excluding hydrogens is 348 g/mol. The van der Waals surface area contributed by atoms with Crippen LogP contribution in [0.5, 0.6) is 5.75 Å². The monoisotopic (exact) mass is 362 g/mol. The summed E-state index contributed by atoms with van der Waals surface area (Å²) in [6.07, 6.45) is 0.141. The molecular formula is C17H15ClN2O3S. The lowest BCUT2D eigenvalue weighted by molar-refractivity contribution is -0.121. The van der Waals surface area contributed by atoms with Crippen molar-refractivity contribution in [2.45, 2.75) is 16.6 Å². The van der Waals surface area contributed by atoms with Gasteiger partial charge in [0.15, 0.2) is 0 Å². The first-order valence-corrected chi connectivity index (χ1v) is 8.48. The van der Waals surface area contributed by atoms with Gasteiger partial charge in [0.25, 0.3) is 0 Å². The molecule has 1 fully saturated rings. The van der Waals surface area contributed by atoms with E-state index in [9.17, 15) is 9.59 Å². The second-order valence-electron chi connectivity index (χ2n) is 5.27. The number of halogens is 1. The maximum atomic E-state index is 12.7. The molecule has 0 aromatic heterocycles. The number of benzene rings is 2. The molecule has 0 radical (unpaired) electrons. The van der Waals surface area contributed by atoms with Crippen molar-refractivity contribution < 1.29 is 14.3 Å². The number of imide groups is 1. The molecule has 0 bridgehead atoms. The Labute approximate surface area is 148 Å². The van der Waals surface area contributed by atoms with Crippen molar-refractivity contribution in [3.05, 3.63) is 47.5 Å². The van der Waals surface area contributed by atoms with Crippen LogP contribution in [0, 0.1) is 0 Å². The molecule has 1 aliphatic rings. The minimum atomic E-state index is -0.472. The van der Waals surface area contributed by atoms with E-state index in [0.29, 0.717) is 22.1 Å². The van der Waals surface area contributed by atoms with Crippen LogP contribution in [0.3, 0.4) is 0 Å². The van der Waals surface area contributed by atoms with Gasteiger partial charge in [0.1, 0.15) is 5.75 Å². The van der Waals surface area contributed by atoms with Gasteiger partial charge in [-0.05, 0) is 36.4 Å². The fourth-order valence-electron chi connectivity index (χ4n) is 2.51. The first-order chi connectivity index (χ1) is 11.5. The highest BCUT2D eigenvalue weighted by atomic mass is 35.5. The molecule has 24 heavy (non-hydrogen) atoms. The first-order valence-electron chi connectivity index (χ1n) is 7.22. The molecule has 1 atom stereocenters. The molecule has 5 nitrogen and oxygen atoms in total. The van der Waals surface area contributed by atoms with E-state index in [1.165, 1.54) is 23.8 Å². The first kappa shape index (κ1) is 16.7. The van der Waals surface area contributed by atoms with Gasteiger partial charge < -0.3 is 10.5 Å². The van der Waals surface area contributed by atoms with E-state index in [-0.39, 0.29) is 18.2 Å². The molecule has 1 aliphatic heterocycles. The predicted octanol–water partition coefficient (Wildman–Crippen LogP) is 3.36. The van der Waals surface area contributed by atoms with Crippen LogP contribution in [-0.4, -0.2) is 24.2 Å². The lowest BCUT2D eigenvalue weighted by atomic mass is 10.3. The second-order valence-corrected chi connectivity index (χ2v) is 6.95. The number of methoxy groups -OCH3 is 1. The summed E-state index contributed by atoms with van der Waals surface area (Å²) in [7, 11) is 1.51. The highest BCUT2D eigenvalue weighted by Gasteiger charge is 2.40. The number of thioether (sulfide) groups is 1. The lowest BCUT2D eigenvalue weighted by Crippen LogP contribution is -2.31. The summed E-state index contributed by atoms with van der Waals surface area (Å²) in [5.41, 5.74) is 6.83. The molecule has 2 aromatic carbocycles. The van der Waals surface area contributed by atoms with Gasteiger partial charge in [0.2, 0.25) is 11.8 Å². The third-order valence-electron chi connectivity index (χ3n) is 3.64. The Kier molecular flexibility index (Phi) is 4.69. The third kappa shape index (κ3) is 3.20. The molecule has 2 N–H and O–H groups in total. The number of nitrogen functional groups attached to an aromatic ring is 1. The lowest BCUT2D eigenvalue weighted by Gasteiger charge is -2.16. The Bertz CT molecular complexity index is 812. The van der Waals surface area contributed by atoms with Crippen molar-refractivity contribution >= 4 is 46.6 Å². The van der Waals surface area contributed by atoms with Crippen LogP contribution in [-0.2, 0) is 9.59 Å². The zero-order chi connectivity index (χ0) is 17.3. The minimum absolute atomic E-state index is 0.141. The highest BCUT2D eigenvalue weighted by molar-refractivity contribution is 8.00. The van der Waals surface area contributed by atoms with Crippen molar-refractivity contribution in [1.82, 2.24) is 0 Å². The van der Waals surface area contributed by atoms with Crippen molar-refractivity contribution in [1.29, 1.82) is 0 Å². The molecule has 1 unspecified atom stereocenters. The van der Waals surface area contributed by atoms with Crippen LogP contribution in [0.2, 0.25) is 5.02 Å². The molecule has 3 rings (SSSR count). The molecule has 2 amide bonds. The highest BCUT2D eigenvalue weighted by Crippen LogP contribution is 2.36. The SMILES string of the molecule is COc1ccc(N2C(=O)CC(Sc3cccc(N)c3)C2=O)cc1Cl. The summed E-state index contributed by atoms with van der Waals surface area (Å²) < 4.78 is 5.09. The summed E-state index contributed by atoms with van der Waals surface area (Å²) in [5, 5.41) is -0.122. The van der Waals surface area contributed by atoms with Gasteiger partial charge in [-0.2, -0.15) is 0 Å². The smallest absolute Gasteiger partial charge is 0.247 e. The van der Waals surface area contributed by atoms with E-state index in [1.807, 2.05) is 12.1 Å². The Morgan fingerprint density at radius 2 is 2.04 bits per heavy atom. The Hall–Kier alpha value is -2.18. The number of hydrogen-bond acceptors (Lipinski definition) is 5. The van der Waals surface area contributed by atoms with Crippen LogP contribution in [0.4, 0.5) is 11.4 Å². The summed E-state index contributed by atoms with van der Waals surface area (Å²) in [6.45, 7) is 0. The van der Waals surface area contributed by atoms with E-state index in [1.54, 1.807) is 30.3 Å². The Balaban J connectivity index is 1.82. The predicted molar refractivity (Wildman–Crippen MR) is 95.6 cm³/mol. The molecule has 0 saturated carbocycles. The van der Waals surface area contributed by atoms with Gasteiger partial charge in [-0.3, -0.25) is 9.59 Å². The van der Waals surface area contributed by atoms with Crippen LogP contribution < -0.4 is 15.4 Å². The molecule has 124 valence electrons.